The lowest BCUT2D eigenvalue weighted by Gasteiger charge is -2.29. The van der Waals surface area contributed by atoms with Crippen LogP contribution in [-0.4, -0.2) is 42.6 Å². The molecule has 3 nitrogen and oxygen atoms in total. The van der Waals surface area contributed by atoms with Crippen molar-refractivity contribution in [2.75, 3.05) is 37.6 Å². The van der Waals surface area contributed by atoms with Crippen LogP contribution in [-0.2, 0) is 0 Å². The molecule has 2 aliphatic heterocycles. The first-order valence-corrected chi connectivity index (χ1v) is 8.03. The lowest BCUT2D eigenvalue weighted by atomic mass is 9.99. The van der Waals surface area contributed by atoms with E-state index in [1.807, 2.05) is 11.3 Å². The van der Waals surface area contributed by atoms with Gasteiger partial charge < -0.3 is 9.80 Å². The van der Waals surface area contributed by atoms with E-state index in [2.05, 4.69) is 34.1 Å². The number of fused-ring (bicyclic) bond motifs is 3. The maximum atomic E-state index is 4.82. The summed E-state index contributed by atoms with van der Waals surface area (Å²) in [4.78, 5) is 9.96. The highest BCUT2D eigenvalue weighted by Gasteiger charge is 2.27. The molecule has 2 fully saturated rings. The van der Waals surface area contributed by atoms with Crippen LogP contribution >= 0.6 is 11.3 Å². The topological polar surface area (TPSA) is 19.4 Å². The number of rotatable bonds is 1. The molecule has 0 saturated carbocycles. The monoisotopic (exact) mass is 287 g/mol. The normalized spacial score (nSPS) is 26.1. The van der Waals surface area contributed by atoms with Crippen LogP contribution in [0.3, 0.4) is 0 Å². The first kappa shape index (κ1) is 13.8. The number of nitrogens with zero attached hydrogens (tertiary/aromatic N) is 3. The molecule has 0 spiro atoms. The first-order chi connectivity index (χ1) is 9.38. The van der Waals surface area contributed by atoms with E-state index in [1.54, 1.807) is 0 Å². The molecule has 4 heteroatoms. The third kappa shape index (κ3) is 2.54. The van der Waals surface area contributed by atoms with Crippen molar-refractivity contribution >= 4 is 26.7 Å². The molecule has 4 rings (SSSR count). The summed E-state index contributed by atoms with van der Waals surface area (Å²) in [6.45, 7) is 6.12. The average Bonchev–Trinajstić information content (AvgIpc) is 2.81. The van der Waals surface area contributed by atoms with Crippen molar-refractivity contribution in [3.05, 3.63) is 31.7 Å². The molecular weight excluding hydrogens is 266 g/mol. The highest BCUT2D eigenvalue weighted by molar-refractivity contribution is 7.22. The summed E-state index contributed by atoms with van der Waals surface area (Å²) in [5.74, 6) is 0.836. The van der Waals surface area contributed by atoms with Gasteiger partial charge in [-0.1, -0.05) is 30.9 Å². The Bertz CT molecular complexity index is 547. The number of para-hydroxylation sites is 1. The van der Waals surface area contributed by atoms with Crippen molar-refractivity contribution in [3.63, 3.8) is 0 Å². The molecule has 2 radical (unpaired) electrons. The van der Waals surface area contributed by atoms with E-state index in [4.69, 9.17) is 4.98 Å². The molecule has 1 aromatic heterocycles. The molecule has 2 bridgehead atoms. The SMILES string of the molecule is [CH2].c1ccc2sc(N3CCN4CCCC(C4)C3)nc2c1. The molecule has 0 N–H and O–H groups in total. The standard InChI is InChI=1S/C15H19N3S.CH2/c1-2-6-14-13(5-1)16-15(19-14)18-9-8-17-7-3-4-12(10-17)11-18;/h1-2,5-6,12H,3-4,7-11H2;1H2. The summed E-state index contributed by atoms with van der Waals surface area (Å²) in [6.07, 6.45) is 2.76. The summed E-state index contributed by atoms with van der Waals surface area (Å²) < 4.78 is 1.31. The lowest BCUT2D eigenvalue weighted by Crippen LogP contribution is -2.35. The van der Waals surface area contributed by atoms with Gasteiger partial charge in [0.05, 0.1) is 10.2 Å². The fourth-order valence-corrected chi connectivity index (χ4v) is 4.34. The molecule has 0 aliphatic carbocycles. The average molecular weight is 287 g/mol. The molecule has 3 heterocycles. The highest BCUT2D eigenvalue weighted by Crippen LogP contribution is 2.31. The van der Waals surface area contributed by atoms with Gasteiger partial charge in [-0.2, -0.15) is 0 Å². The Labute approximate surface area is 125 Å². The van der Waals surface area contributed by atoms with Crippen molar-refractivity contribution in [2.24, 2.45) is 5.92 Å². The number of hydrogen-bond acceptors (Lipinski definition) is 4. The van der Waals surface area contributed by atoms with Crippen molar-refractivity contribution in [1.82, 2.24) is 9.88 Å². The predicted octanol–water partition coefficient (Wildman–Crippen LogP) is 3.16. The van der Waals surface area contributed by atoms with Crippen molar-refractivity contribution in [3.8, 4) is 0 Å². The molecule has 106 valence electrons. The second kappa shape index (κ2) is 5.70. The summed E-state index contributed by atoms with van der Waals surface area (Å²) in [7, 11) is 0. The van der Waals surface area contributed by atoms with Crippen LogP contribution in [0.15, 0.2) is 24.3 Å². The lowest BCUT2D eigenvalue weighted by molar-refractivity contribution is 0.201. The van der Waals surface area contributed by atoms with Crippen LogP contribution in [0.2, 0.25) is 0 Å². The van der Waals surface area contributed by atoms with Crippen LogP contribution in [0.25, 0.3) is 10.2 Å². The van der Waals surface area contributed by atoms with Crippen LogP contribution in [0, 0.1) is 13.3 Å². The fraction of sp³-hybridized carbons (Fsp3) is 0.500. The summed E-state index contributed by atoms with van der Waals surface area (Å²) in [5, 5.41) is 1.22. The summed E-state index contributed by atoms with van der Waals surface area (Å²) in [6, 6.07) is 8.48. The number of piperidine rings is 1. The van der Waals surface area contributed by atoms with Crippen LogP contribution < -0.4 is 4.90 Å². The van der Waals surface area contributed by atoms with Crippen molar-refractivity contribution in [2.45, 2.75) is 12.8 Å². The van der Waals surface area contributed by atoms with E-state index in [-0.39, 0.29) is 7.43 Å². The van der Waals surface area contributed by atoms with Crippen LogP contribution in [0.4, 0.5) is 5.13 Å². The maximum absolute atomic E-state index is 4.82. The Kier molecular flexibility index (Phi) is 3.94. The minimum Gasteiger partial charge on any atom is -0.346 e. The molecular formula is C16H21N3S. The van der Waals surface area contributed by atoms with Gasteiger partial charge in [0, 0.05) is 26.2 Å². The van der Waals surface area contributed by atoms with Gasteiger partial charge in [-0.3, -0.25) is 0 Å². The van der Waals surface area contributed by atoms with Gasteiger partial charge in [-0.15, -0.1) is 0 Å². The highest BCUT2D eigenvalue weighted by atomic mass is 32.1. The zero-order chi connectivity index (χ0) is 12.7. The molecule has 2 aliphatic rings. The van der Waals surface area contributed by atoms with E-state index in [1.165, 1.54) is 48.9 Å². The zero-order valence-corrected chi connectivity index (χ0v) is 12.6. The number of anilines is 1. The van der Waals surface area contributed by atoms with Crippen LogP contribution in [0.1, 0.15) is 12.8 Å². The number of thiazole rings is 1. The van der Waals surface area contributed by atoms with Crippen molar-refractivity contribution < 1.29 is 0 Å². The van der Waals surface area contributed by atoms with E-state index in [0.717, 1.165) is 18.0 Å². The van der Waals surface area contributed by atoms with Gasteiger partial charge in [-0.25, -0.2) is 4.98 Å². The Balaban J connectivity index is 0.00000121. The number of aromatic nitrogens is 1. The fourth-order valence-electron chi connectivity index (χ4n) is 3.34. The van der Waals surface area contributed by atoms with E-state index < -0.39 is 0 Å². The smallest absolute Gasteiger partial charge is 0.186 e. The summed E-state index contributed by atoms with van der Waals surface area (Å²) >= 11 is 1.84. The van der Waals surface area contributed by atoms with Gasteiger partial charge in [0.15, 0.2) is 5.13 Å². The largest absolute Gasteiger partial charge is 0.346 e. The molecule has 2 saturated heterocycles. The van der Waals surface area contributed by atoms with E-state index >= 15 is 0 Å². The molecule has 2 aromatic rings. The predicted molar refractivity (Wildman–Crippen MR) is 86.4 cm³/mol. The van der Waals surface area contributed by atoms with Gasteiger partial charge in [-0.05, 0) is 37.4 Å². The number of hydrogen-bond donors (Lipinski definition) is 0. The minimum atomic E-state index is 0. The van der Waals surface area contributed by atoms with Crippen molar-refractivity contribution in [1.29, 1.82) is 0 Å². The van der Waals surface area contributed by atoms with Gasteiger partial charge >= 0.3 is 0 Å². The third-order valence-electron chi connectivity index (χ3n) is 4.32. The second-order valence-electron chi connectivity index (χ2n) is 5.72. The molecule has 2 unspecified atom stereocenters. The number of benzene rings is 1. The molecule has 0 amide bonds. The molecule has 2 atom stereocenters. The molecule has 1 aromatic carbocycles. The Hall–Kier alpha value is -1.13. The minimum absolute atomic E-state index is 0. The maximum Gasteiger partial charge on any atom is 0.186 e. The second-order valence-corrected chi connectivity index (χ2v) is 6.73. The van der Waals surface area contributed by atoms with E-state index in [0.29, 0.717) is 0 Å². The third-order valence-corrected chi connectivity index (χ3v) is 5.42. The van der Waals surface area contributed by atoms with E-state index in [9.17, 15) is 0 Å². The van der Waals surface area contributed by atoms with Gasteiger partial charge in [0.25, 0.3) is 0 Å². The van der Waals surface area contributed by atoms with Crippen LogP contribution in [0.5, 0.6) is 0 Å². The molecule has 20 heavy (non-hydrogen) atoms. The van der Waals surface area contributed by atoms with Gasteiger partial charge in [0.1, 0.15) is 0 Å². The van der Waals surface area contributed by atoms with Gasteiger partial charge in [0.2, 0.25) is 0 Å². The first-order valence-electron chi connectivity index (χ1n) is 7.21. The Morgan fingerprint density at radius 2 is 2.00 bits per heavy atom. The quantitative estimate of drug-likeness (QED) is 0.803. The Morgan fingerprint density at radius 1 is 1.10 bits per heavy atom. The Morgan fingerprint density at radius 3 is 2.90 bits per heavy atom. The zero-order valence-electron chi connectivity index (χ0n) is 11.8. The summed E-state index contributed by atoms with van der Waals surface area (Å²) in [5.41, 5.74) is 1.15.